The molecule has 0 aliphatic carbocycles. The Morgan fingerprint density at radius 3 is 2.18 bits per heavy atom. The predicted octanol–water partition coefficient (Wildman–Crippen LogP) is 1.20. The molecular weight excluding hydrogens is 326 g/mol. The van der Waals surface area contributed by atoms with E-state index in [1.165, 1.54) is 23.7 Å². The molecule has 0 spiro atoms. The molecule has 1 aliphatic rings. The molecule has 22 heavy (non-hydrogen) atoms. The predicted molar refractivity (Wildman–Crippen MR) is 84.4 cm³/mol. The van der Waals surface area contributed by atoms with Gasteiger partial charge in [0.05, 0.1) is 17.3 Å². The first-order chi connectivity index (χ1) is 10.2. The molecule has 1 fully saturated rings. The summed E-state index contributed by atoms with van der Waals surface area (Å²) in [5.41, 5.74) is 0.615. The first-order valence-corrected chi connectivity index (χ1v) is 10.4. The Labute approximate surface area is 132 Å². The molecule has 0 unspecified atom stereocenters. The zero-order valence-corrected chi connectivity index (χ0v) is 14.6. The number of ether oxygens (including phenoxy) is 1. The fourth-order valence-electron chi connectivity index (χ4n) is 2.68. The quantitative estimate of drug-likeness (QED) is 0.817. The molecule has 124 valence electrons. The summed E-state index contributed by atoms with van der Waals surface area (Å²) >= 11 is 0. The van der Waals surface area contributed by atoms with E-state index in [4.69, 9.17) is 4.74 Å². The van der Waals surface area contributed by atoms with Crippen LogP contribution < -0.4 is 4.74 Å². The van der Waals surface area contributed by atoms with Crippen LogP contribution in [0.4, 0.5) is 0 Å². The summed E-state index contributed by atoms with van der Waals surface area (Å²) in [6.45, 7) is 2.18. The molecule has 1 saturated heterocycles. The van der Waals surface area contributed by atoms with Gasteiger partial charge < -0.3 is 4.74 Å². The maximum atomic E-state index is 12.7. The van der Waals surface area contributed by atoms with Crippen molar-refractivity contribution >= 4 is 19.9 Å². The lowest BCUT2D eigenvalue weighted by Gasteiger charge is -2.30. The average Bonchev–Trinajstić information content (AvgIpc) is 2.46. The molecule has 0 radical (unpaired) electrons. The van der Waals surface area contributed by atoms with E-state index in [1.54, 1.807) is 19.1 Å². The van der Waals surface area contributed by atoms with Gasteiger partial charge in [-0.3, -0.25) is 0 Å². The van der Waals surface area contributed by atoms with Crippen LogP contribution in [0.3, 0.4) is 0 Å². The molecule has 6 nitrogen and oxygen atoms in total. The summed E-state index contributed by atoms with van der Waals surface area (Å²) in [7, 11) is -5.19. The fourth-order valence-corrected chi connectivity index (χ4v) is 5.42. The average molecular weight is 347 g/mol. The van der Waals surface area contributed by atoms with Gasteiger partial charge in [0.15, 0.2) is 0 Å². The first-order valence-electron chi connectivity index (χ1n) is 7.00. The van der Waals surface area contributed by atoms with E-state index in [1.807, 2.05) is 0 Å². The first kappa shape index (κ1) is 17.2. The Morgan fingerprint density at radius 1 is 1.14 bits per heavy atom. The highest BCUT2D eigenvalue weighted by Gasteiger charge is 2.33. The fraction of sp³-hybridized carbons (Fsp3) is 0.571. The number of piperidine rings is 1. The second kappa shape index (κ2) is 6.17. The van der Waals surface area contributed by atoms with Crippen LogP contribution in [0.5, 0.6) is 5.75 Å². The summed E-state index contributed by atoms with van der Waals surface area (Å²) in [6, 6.07) is 4.82. The molecule has 0 saturated carbocycles. The number of aryl methyl sites for hydroxylation is 1. The molecule has 1 aromatic rings. The zero-order chi connectivity index (χ0) is 16.5. The maximum absolute atomic E-state index is 12.7. The number of sulfone groups is 1. The summed E-state index contributed by atoms with van der Waals surface area (Å²) in [5.74, 6) is 0.604. The van der Waals surface area contributed by atoms with Gasteiger partial charge in [0.2, 0.25) is 10.0 Å². The van der Waals surface area contributed by atoms with Crippen molar-refractivity contribution in [3.63, 3.8) is 0 Å². The summed E-state index contributed by atoms with van der Waals surface area (Å²) in [6.07, 6.45) is 1.88. The second-order valence-electron chi connectivity index (χ2n) is 5.56. The highest BCUT2D eigenvalue weighted by Crippen LogP contribution is 2.27. The number of rotatable bonds is 4. The van der Waals surface area contributed by atoms with Crippen molar-refractivity contribution in [2.24, 2.45) is 0 Å². The van der Waals surface area contributed by atoms with E-state index < -0.39 is 25.1 Å². The smallest absolute Gasteiger partial charge is 0.243 e. The van der Waals surface area contributed by atoms with Crippen LogP contribution >= 0.6 is 0 Å². The molecule has 1 aliphatic heterocycles. The van der Waals surface area contributed by atoms with Crippen molar-refractivity contribution < 1.29 is 21.6 Å². The van der Waals surface area contributed by atoms with Gasteiger partial charge in [-0.2, -0.15) is 4.31 Å². The highest BCUT2D eigenvalue weighted by molar-refractivity contribution is 7.91. The summed E-state index contributed by atoms with van der Waals surface area (Å²) in [5, 5.41) is -0.448. The van der Waals surface area contributed by atoms with Gasteiger partial charge in [-0.05, 0) is 43.5 Å². The molecule has 0 N–H and O–H groups in total. The van der Waals surface area contributed by atoms with Crippen LogP contribution in [-0.4, -0.2) is 52.8 Å². The molecule has 0 atom stereocenters. The standard InChI is InChI=1S/C14H21NO5S2/c1-11-10-12(20-2)4-5-14(11)22(18,19)15-8-6-13(7-9-15)21(3,16)17/h4-5,10,13H,6-9H2,1-3H3. The number of nitrogens with zero attached hydrogens (tertiary/aromatic N) is 1. The van der Waals surface area contributed by atoms with E-state index in [-0.39, 0.29) is 18.0 Å². The Kier molecular flexibility index (Phi) is 4.84. The van der Waals surface area contributed by atoms with Crippen molar-refractivity contribution in [1.82, 2.24) is 4.31 Å². The lowest BCUT2D eigenvalue weighted by Crippen LogP contribution is -2.42. The number of hydrogen-bond donors (Lipinski definition) is 0. The Bertz CT molecular complexity index is 747. The van der Waals surface area contributed by atoms with Crippen LogP contribution in [0.1, 0.15) is 18.4 Å². The molecule has 0 bridgehead atoms. The lowest BCUT2D eigenvalue weighted by molar-refractivity contribution is 0.346. The SMILES string of the molecule is COc1ccc(S(=O)(=O)N2CCC(S(C)(=O)=O)CC2)c(C)c1. The van der Waals surface area contributed by atoms with Crippen LogP contribution in [-0.2, 0) is 19.9 Å². The normalized spacial score (nSPS) is 18.3. The number of hydrogen-bond acceptors (Lipinski definition) is 5. The molecular formula is C14H21NO5S2. The van der Waals surface area contributed by atoms with Crippen molar-refractivity contribution in [1.29, 1.82) is 0 Å². The minimum atomic E-state index is -3.60. The van der Waals surface area contributed by atoms with E-state index in [2.05, 4.69) is 0 Å². The molecule has 8 heteroatoms. The van der Waals surface area contributed by atoms with Crippen LogP contribution in [0.15, 0.2) is 23.1 Å². The monoisotopic (exact) mass is 347 g/mol. The van der Waals surface area contributed by atoms with Gasteiger partial charge in [-0.15, -0.1) is 0 Å². The number of benzene rings is 1. The summed E-state index contributed by atoms with van der Waals surface area (Å²) < 4.78 is 55.0. The second-order valence-corrected chi connectivity index (χ2v) is 9.80. The van der Waals surface area contributed by atoms with E-state index in [0.29, 0.717) is 24.2 Å². The molecule has 1 aromatic carbocycles. The van der Waals surface area contributed by atoms with Gasteiger partial charge in [-0.1, -0.05) is 0 Å². The van der Waals surface area contributed by atoms with Crippen molar-refractivity contribution in [3.8, 4) is 5.75 Å². The third-order valence-corrected chi connectivity index (χ3v) is 7.75. The van der Waals surface area contributed by atoms with Crippen molar-refractivity contribution in [2.45, 2.75) is 29.9 Å². The van der Waals surface area contributed by atoms with Gasteiger partial charge in [0, 0.05) is 19.3 Å². The van der Waals surface area contributed by atoms with Crippen molar-refractivity contribution in [3.05, 3.63) is 23.8 Å². The van der Waals surface area contributed by atoms with Gasteiger partial charge in [0.1, 0.15) is 15.6 Å². The van der Waals surface area contributed by atoms with Gasteiger partial charge in [-0.25, -0.2) is 16.8 Å². The van der Waals surface area contributed by atoms with E-state index in [0.717, 1.165) is 0 Å². The van der Waals surface area contributed by atoms with Gasteiger partial charge >= 0.3 is 0 Å². The third kappa shape index (κ3) is 3.44. The van der Waals surface area contributed by atoms with E-state index >= 15 is 0 Å². The van der Waals surface area contributed by atoms with Crippen LogP contribution in [0.2, 0.25) is 0 Å². The molecule has 1 heterocycles. The Morgan fingerprint density at radius 2 is 1.73 bits per heavy atom. The van der Waals surface area contributed by atoms with Gasteiger partial charge in [0.25, 0.3) is 0 Å². The maximum Gasteiger partial charge on any atom is 0.243 e. The number of sulfonamides is 1. The molecule has 2 rings (SSSR count). The number of methoxy groups -OCH3 is 1. The minimum Gasteiger partial charge on any atom is -0.497 e. The largest absolute Gasteiger partial charge is 0.497 e. The van der Waals surface area contributed by atoms with Crippen LogP contribution in [0.25, 0.3) is 0 Å². The Hall–Kier alpha value is -1.12. The molecule has 0 aromatic heterocycles. The Balaban J connectivity index is 2.22. The topological polar surface area (TPSA) is 80.8 Å². The van der Waals surface area contributed by atoms with Crippen molar-refractivity contribution in [2.75, 3.05) is 26.5 Å². The van der Waals surface area contributed by atoms with Crippen LogP contribution in [0, 0.1) is 6.92 Å². The lowest BCUT2D eigenvalue weighted by atomic mass is 10.2. The highest BCUT2D eigenvalue weighted by atomic mass is 32.2. The molecule has 0 amide bonds. The third-order valence-electron chi connectivity index (χ3n) is 4.01. The summed E-state index contributed by atoms with van der Waals surface area (Å²) in [4.78, 5) is 0.242. The van der Waals surface area contributed by atoms with E-state index in [9.17, 15) is 16.8 Å². The minimum absolute atomic E-state index is 0.228. The zero-order valence-electron chi connectivity index (χ0n) is 12.9.